The van der Waals surface area contributed by atoms with Crippen LogP contribution in [0.5, 0.6) is 5.75 Å². The Kier molecular flexibility index (Phi) is 3.91. The highest BCUT2D eigenvalue weighted by Gasteiger charge is 2.17. The van der Waals surface area contributed by atoms with Crippen molar-refractivity contribution in [1.82, 2.24) is 20.6 Å². The predicted octanol–water partition coefficient (Wildman–Crippen LogP) is 1.40. The molecule has 100 valence electrons. The van der Waals surface area contributed by atoms with Gasteiger partial charge >= 0.3 is 0 Å². The number of amides is 1. The van der Waals surface area contributed by atoms with Gasteiger partial charge in [-0.3, -0.25) is 10.1 Å². The van der Waals surface area contributed by atoms with Crippen LogP contribution in [0.4, 0.5) is 10.3 Å². The topological polar surface area (TPSA) is 92.8 Å². The highest BCUT2D eigenvalue weighted by Crippen LogP contribution is 2.25. The molecule has 7 nitrogen and oxygen atoms in total. The van der Waals surface area contributed by atoms with Gasteiger partial charge in [0.2, 0.25) is 0 Å². The van der Waals surface area contributed by atoms with Gasteiger partial charge < -0.3 is 4.74 Å². The number of halogens is 2. The zero-order valence-electron chi connectivity index (χ0n) is 9.72. The summed E-state index contributed by atoms with van der Waals surface area (Å²) in [6, 6.07) is 3.63. The Hall–Kier alpha value is -2.22. The van der Waals surface area contributed by atoms with E-state index in [1.54, 1.807) is 0 Å². The molecule has 1 aromatic carbocycles. The van der Waals surface area contributed by atoms with Crippen LogP contribution >= 0.6 is 11.6 Å². The molecule has 1 atom stereocenters. The summed E-state index contributed by atoms with van der Waals surface area (Å²) < 4.78 is 18.2. The Morgan fingerprint density at radius 2 is 2.37 bits per heavy atom. The van der Waals surface area contributed by atoms with Gasteiger partial charge in [-0.1, -0.05) is 16.7 Å². The molecule has 9 heteroatoms. The van der Waals surface area contributed by atoms with Gasteiger partial charge in [-0.2, -0.15) is 5.21 Å². The molecule has 1 heterocycles. The SMILES string of the molecule is C[C@H](Oc1ccc(F)cc1Cl)C(=O)Nc1nn[nH]n1. The summed E-state index contributed by atoms with van der Waals surface area (Å²) in [5.74, 6) is -0.729. The van der Waals surface area contributed by atoms with Crippen molar-refractivity contribution >= 4 is 23.5 Å². The van der Waals surface area contributed by atoms with Crippen LogP contribution in [-0.4, -0.2) is 32.6 Å². The number of ether oxygens (including phenoxy) is 1. The molecule has 0 bridgehead atoms. The molecule has 1 amide bonds. The average molecular weight is 286 g/mol. The number of carbonyl (C=O) groups is 1. The van der Waals surface area contributed by atoms with E-state index in [4.69, 9.17) is 16.3 Å². The van der Waals surface area contributed by atoms with Gasteiger partial charge in [-0.15, -0.1) is 5.10 Å². The number of nitrogens with one attached hydrogen (secondary N) is 2. The second kappa shape index (κ2) is 5.61. The maximum atomic E-state index is 12.8. The van der Waals surface area contributed by atoms with Crippen molar-refractivity contribution in [2.75, 3.05) is 5.32 Å². The molecular formula is C10H9ClFN5O2. The van der Waals surface area contributed by atoms with E-state index in [1.165, 1.54) is 19.1 Å². The molecular weight excluding hydrogens is 277 g/mol. The normalized spacial score (nSPS) is 11.9. The number of nitrogens with zero attached hydrogens (tertiary/aromatic N) is 3. The zero-order chi connectivity index (χ0) is 13.8. The maximum Gasteiger partial charge on any atom is 0.269 e. The Bertz CT molecular complexity index is 577. The number of benzene rings is 1. The monoisotopic (exact) mass is 285 g/mol. The smallest absolute Gasteiger partial charge is 0.269 e. The van der Waals surface area contributed by atoms with Crippen molar-refractivity contribution in [3.63, 3.8) is 0 Å². The molecule has 0 saturated carbocycles. The van der Waals surface area contributed by atoms with E-state index in [9.17, 15) is 9.18 Å². The summed E-state index contributed by atoms with van der Waals surface area (Å²) in [4.78, 5) is 11.7. The minimum Gasteiger partial charge on any atom is -0.479 e. The fraction of sp³-hybridized carbons (Fsp3) is 0.200. The van der Waals surface area contributed by atoms with Crippen LogP contribution in [0.3, 0.4) is 0 Å². The van der Waals surface area contributed by atoms with E-state index in [-0.39, 0.29) is 16.7 Å². The summed E-state index contributed by atoms with van der Waals surface area (Å²) in [6.07, 6.45) is -0.860. The minimum atomic E-state index is -0.860. The van der Waals surface area contributed by atoms with Gasteiger partial charge in [-0.25, -0.2) is 4.39 Å². The van der Waals surface area contributed by atoms with Gasteiger partial charge in [-0.05, 0) is 30.3 Å². The third-order valence-electron chi connectivity index (χ3n) is 2.15. The average Bonchev–Trinajstić information content (AvgIpc) is 2.85. The molecule has 0 aliphatic rings. The number of anilines is 1. The van der Waals surface area contributed by atoms with Crippen LogP contribution in [0.25, 0.3) is 0 Å². The standard InChI is InChI=1S/C10H9ClFN5O2/c1-5(9(18)13-10-14-16-17-15-10)19-8-3-2-6(12)4-7(8)11/h2-5H,1H3,(H2,13,14,15,16,17,18)/t5-/m0/s1. The third-order valence-corrected chi connectivity index (χ3v) is 2.44. The zero-order valence-corrected chi connectivity index (χ0v) is 10.5. The molecule has 19 heavy (non-hydrogen) atoms. The first-order chi connectivity index (χ1) is 9.06. The largest absolute Gasteiger partial charge is 0.479 e. The lowest BCUT2D eigenvalue weighted by atomic mass is 10.3. The van der Waals surface area contributed by atoms with Gasteiger partial charge in [0.25, 0.3) is 11.9 Å². The minimum absolute atomic E-state index is 0.0330. The van der Waals surface area contributed by atoms with Gasteiger partial charge in [0, 0.05) is 0 Å². The van der Waals surface area contributed by atoms with Crippen LogP contribution in [0.2, 0.25) is 5.02 Å². The van der Waals surface area contributed by atoms with Crippen molar-refractivity contribution < 1.29 is 13.9 Å². The van der Waals surface area contributed by atoms with Crippen molar-refractivity contribution in [2.24, 2.45) is 0 Å². The second-order valence-electron chi connectivity index (χ2n) is 3.56. The number of aromatic amines is 1. The molecule has 2 N–H and O–H groups in total. The summed E-state index contributed by atoms with van der Waals surface area (Å²) in [6.45, 7) is 1.51. The second-order valence-corrected chi connectivity index (χ2v) is 3.97. The van der Waals surface area contributed by atoms with Gasteiger partial charge in [0.1, 0.15) is 11.6 Å². The highest BCUT2D eigenvalue weighted by atomic mass is 35.5. The van der Waals surface area contributed by atoms with E-state index in [0.717, 1.165) is 6.07 Å². The van der Waals surface area contributed by atoms with Crippen LogP contribution in [0.1, 0.15) is 6.92 Å². The Morgan fingerprint density at radius 1 is 1.58 bits per heavy atom. The van der Waals surface area contributed by atoms with E-state index in [0.29, 0.717) is 0 Å². The number of rotatable bonds is 4. The molecule has 0 fully saturated rings. The van der Waals surface area contributed by atoms with Gasteiger partial charge in [0.05, 0.1) is 5.02 Å². The number of H-pyrrole nitrogens is 1. The molecule has 0 saturated heterocycles. The Balaban J connectivity index is 2.00. The van der Waals surface area contributed by atoms with Crippen molar-refractivity contribution in [1.29, 1.82) is 0 Å². The van der Waals surface area contributed by atoms with E-state index >= 15 is 0 Å². The molecule has 0 radical (unpaired) electrons. The maximum absolute atomic E-state index is 12.8. The number of hydrogen-bond donors (Lipinski definition) is 2. The lowest BCUT2D eigenvalue weighted by molar-refractivity contribution is -0.122. The Morgan fingerprint density at radius 3 is 3.00 bits per heavy atom. The van der Waals surface area contributed by atoms with Crippen LogP contribution in [0, 0.1) is 5.82 Å². The lowest BCUT2D eigenvalue weighted by Gasteiger charge is -2.14. The van der Waals surface area contributed by atoms with E-state index < -0.39 is 17.8 Å². The first-order valence-electron chi connectivity index (χ1n) is 5.22. The fourth-order valence-electron chi connectivity index (χ4n) is 1.24. The fourth-order valence-corrected chi connectivity index (χ4v) is 1.45. The summed E-state index contributed by atoms with van der Waals surface area (Å²) in [5, 5.41) is 15.1. The van der Waals surface area contributed by atoms with Crippen molar-refractivity contribution in [3.8, 4) is 5.75 Å². The number of aromatic nitrogens is 4. The van der Waals surface area contributed by atoms with E-state index in [2.05, 4.69) is 25.9 Å². The summed E-state index contributed by atoms with van der Waals surface area (Å²) in [5.41, 5.74) is 0. The van der Waals surface area contributed by atoms with Crippen LogP contribution in [-0.2, 0) is 4.79 Å². The number of carbonyl (C=O) groups excluding carboxylic acids is 1. The van der Waals surface area contributed by atoms with Crippen molar-refractivity contribution in [3.05, 3.63) is 29.0 Å². The van der Waals surface area contributed by atoms with Crippen molar-refractivity contribution in [2.45, 2.75) is 13.0 Å². The number of hydrogen-bond acceptors (Lipinski definition) is 5. The third kappa shape index (κ3) is 3.38. The van der Waals surface area contributed by atoms with Crippen LogP contribution < -0.4 is 10.1 Å². The summed E-state index contributed by atoms with van der Waals surface area (Å²) in [7, 11) is 0. The molecule has 0 aliphatic carbocycles. The van der Waals surface area contributed by atoms with Gasteiger partial charge in [0.15, 0.2) is 6.10 Å². The van der Waals surface area contributed by atoms with E-state index in [1.807, 2.05) is 0 Å². The number of tetrazole rings is 1. The highest BCUT2D eigenvalue weighted by molar-refractivity contribution is 6.32. The molecule has 0 spiro atoms. The quantitative estimate of drug-likeness (QED) is 0.886. The van der Waals surface area contributed by atoms with Crippen LogP contribution in [0.15, 0.2) is 18.2 Å². The first-order valence-corrected chi connectivity index (χ1v) is 5.60. The predicted molar refractivity (Wildman–Crippen MR) is 64.3 cm³/mol. The molecule has 1 aromatic heterocycles. The molecule has 0 aliphatic heterocycles. The Labute approximate surface area is 112 Å². The first kappa shape index (κ1) is 13.2. The molecule has 2 aromatic rings. The lowest BCUT2D eigenvalue weighted by Crippen LogP contribution is -2.30. The molecule has 2 rings (SSSR count). The summed E-state index contributed by atoms with van der Waals surface area (Å²) >= 11 is 5.78. The molecule has 0 unspecified atom stereocenters.